The number of likely N-dealkylation sites (N-methyl/N-ethyl adjacent to an activating group) is 1. The van der Waals surface area contributed by atoms with Crippen LogP contribution in [0.25, 0.3) is 0 Å². The molecule has 268 valence electrons. The largest absolute Gasteiger partial charge is 0.472 e. The Bertz CT molecular complexity index is 898. The van der Waals surface area contributed by atoms with Crippen LogP contribution >= 0.6 is 7.82 Å². The molecule has 2 unspecified atom stereocenters. The van der Waals surface area contributed by atoms with Crippen LogP contribution in [0.3, 0.4) is 0 Å². The number of hydrogen-bond acceptors (Lipinski definition) is 6. The van der Waals surface area contributed by atoms with Gasteiger partial charge in [0.15, 0.2) is 0 Å². The number of carbonyl (C=O) groups excluding carboxylic acids is 1. The molecule has 1 aromatic rings. The number of hydrogen-bond donors (Lipinski definition) is 2. The second kappa shape index (κ2) is 27.5. The summed E-state index contributed by atoms with van der Waals surface area (Å²) in [5, 5.41) is 2.61. The van der Waals surface area contributed by atoms with Gasteiger partial charge in [0.25, 0.3) is 0 Å². The number of carbonyl (C=O) groups is 1. The summed E-state index contributed by atoms with van der Waals surface area (Å²) in [6.45, 7) is 3.54. The van der Waals surface area contributed by atoms with Crippen molar-refractivity contribution in [2.45, 2.75) is 135 Å². The van der Waals surface area contributed by atoms with Crippen LogP contribution in [0.5, 0.6) is 0 Å². The van der Waals surface area contributed by atoms with Gasteiger partial charge in [0.05, 0.1) is 34.3 Å². The summed E-state index contributed by atoms with van der Waals surface area (Å²) in [5.41, 5.74) is 0.864. The minimum atomic E-state index is -4.34. The van der Waals surface area contributed by atoms with E-state index in [-0.39, 0.29) is 26.4 Å². The second-order valence-electron chi connectivity index (χ2n) is 13.6. The summed E-state index contributed by atoms with van der Waals surface area (Å²) < 4.78 is 34.8. The van der Waals surface area contributed by atoms with Crippen molar-refractivity contribution in [1.82, 2.24) is 5.32 Å². The lowest BCUT2D eigenvalue weighted by Gasteiger charge is -2.25. The fourth-order valence-electron chi connectivity index (χ4n) is 5.07. The zero-order valence-corrected chi connectivity index (χ0v) is 30.6. The molecule has 2 atom stereocenters. The summed E-state index contributed by atoms with van der Waals surface area (Å²) in [6, 6.07) is 9.36. The molecule has 1 amide bonds. The first-order valence-electron chi connectivity index (χ1n) is 18.1. The van der Waals surface area contributed by atoms with Crippen LogP contribution in [-0.2, 0) is 29.7 Å². The van der Waals surface area contributed by atoms with Gasteiger partial charge in [-0.3, -0.25) is 9.05 Å². The summed E-state index contributed by atoms with van der Waals surface area (Å²) >= 11 is 0. The van der Waals surface area contributed by atoms with Crippen molar-refractivity contribution < 1.29 is 37.3 Å². The first kappa shape index (κ1) is 42.5. The number of alkyl carbamates (subject to hydrolysis) is 1. The van der Waals surface area contributed by atoms with Crippen LogP contribution < -0.4 is 5.32 Å². The quantitative estimate of drug-likeness (QED) is 0.0461. The monoisotopic (exact) mass is 671 g/mol. The van der Waals surface area contributed by atoms with Gasteiger partial charge in [-0.15, -0.1) is 0 Å². The van der Waals surface area contributed by atoms with Gasteiger partial charge < -0.3 is 24.2 Å². The molecular formula is C36H68N2O7P+. The van der Waals surface area contributed by atoms with Gasteiger partial charge in [0.2, 0.25) is 0 Å². The zero-order chi connectivity index (χ0) is 33.8. The van der Waals surface area contributed by atoms with Crippen LogP contribution in [0.4, 0.5) is 4.79 Å². The number of nitrogens with one attached hydrogen (secondary N) is 1. The predicted octanol–water partition coefficient (Wildman–Crippen LogP) is 9.18. The smallest absolute Gasteiger partial charge is 0.445 e. The number of quaternary nitrogens is 1. The maximum atomic E-state index is 12.6. The van der Waals surface area contributed by atoms with E-state index in [0.29, 0.717) is 17.6 Å². The molecule has 0 spiro atoms. The van der Waals surface area contributed by atoms with E-state index in [2.05, 4.69) is 12.2 Å². The molecule has 0 saturated heterocycles. The maximum Gasteiger partial charge on any atom is 0.472 e. The van der Waals surface area contributed by atoms with Gasteiger partial charge in [-0.2, -0.15) is 0 Å². The Balaban J connectivity index is 2.18. The van der Waals surface area contributed by atoms with Gasteiger partial charge in [0.1, 0.15) is 25.9 Å². The van der Waals surface area contributed by atoms with Gasteiger partial charge in [-0.1, -0.05) is 146 Å². The number of phosphoric ester groups is 1. The molecule has 2 N–H and O–H groups in total. The van der Waals surface area contributed by atoms with Gasteiger partial charge in [-0.05, 0) is 12.0 Å². The summed E-state index contributed by atoms with van der Waals surface area (Å²) in [7, 11) is 1.56. The lowest BCUT2D eigenvalue weighted by atomic mass is 10.0. The number of unbranched alkanes of at least 4 members (excludes halogenated alkanes) is 17. The highest BCUT2D eigenvalue weighted by atomic mass is 31.2. The van der Waals surface area contributed by atoms with E-state index in [9.17, 15) is 14.3 Å². The van der Waals surface area contributed by atoms with Crippen molar-refractivity contribution in [2.75, 3.05) is 54.1 Å². The van der Waals surface area contributed by atoms with Crippen molar-refractivity contribution >= 4 is 13.9 Å². The first-order chi connectivity index (χ1) is 22.1. The van der Waals surface area contributed by atoms with Crippen LogP contribution in [-0.4, -0.2) is 75.6 Å². The molecule has 9 nitrogen and oxygen atoms in total. The third kappa shape index (κ3) is 27.6. The van der Waals surface area contributed by atoms with Crippen molar-refractivity contribution in [2.24, 2.45) is 0 Å². The average Bonchev–Trinajstić information content (AvgIpc) is 3.01. The number of amides is 1. The Hall–Kier alpha value is -1.48. The van der Waals surface area contributed by atoms with E-state index in [1.807, 2.05) is 51.5 Å². The Morgan fingerprint density at radius 1 is 0.783 bits per heavy atom. The van der Waals surface area contributed by atoms with E-state index in [1.165, 1.54) is 103 Å². The molecule has 0 aliphatic carbocycles. The third-order valence-corrected chi connectivity index (χ3v) is 9.01. The molecule has 1 rings (SSSR count). The summed E-state index contributed by atoms with van der Waals surface area (Å²) in [6.07, 6.45) is 22.3. The van der Waals surface area contributed by atoms with Crippen LogP contribution in [0.1, 0.15) is 128 Å². The minimum Gasteiger partial charge on any atom is -0.445 e. The predicted molar refractivity (Wildman–Crippen MR) is 188 cm³/mol. The van der Waals surface area contributed by atoms with Crippen molar-refractivity contribution in [3.8, 4) is 0 Å². The first-order valence-corrected chi connectivity index (χ1v) is 19.6. The van der Waals surface area contributed by atoms with Crippen molar-refractivity contribution in [1.29, 1.82) is 0 Å². The molecule has 0 heterocycles. The lowest BCUT2D eigenvalue weighted by Crippen LogP contribution is -2.38. The minimum absolute atomic E-state index is 0.0456. The standard InChI is InChI=1S/C36H67N2O7P/c1-5-6-7-8-9-10-11-12-13-14-15-16-17-18-19-20-21-25-29-42-33-35(45-46(40,41)44-30-28-38(2,3)4)31-37-36(39)43-32-34-26-23-22-24-27-34/h22-24,26-27,35H,5-21,25,28-33H2,1-4H3,(H-,37,39,40,41)/p+1. The molecule has 10 heteroatoms. The number of nitrogens with zero attached hydrogens (tertiary/aromatic N) is 1. The normalized spacial score (nSPS) is 13.8. The highest BCUT2D eigenvalue weighted by molar-refractivity contribution is 7.47. The van der Waals surface area contributed by atoms with E-state index < -0.39 is 20.0 Å². The third-order valence-electron chi connectivity index (χ3n) is 7.93. The highest BCUT2D eigenvalue weighted by Crippen LogP contribution is 2.44. The molecule has 0 aromatic heterocycles. The lowest BCUT2D eigenvalue weighted by molar-refractivity contribution is -0.870. The molecule has 0 saturated carbocycles. The van der Waals surface area contributed by atoms with E-state index in [1.54, 1.807) is 0 Å². The van der Waals surface area contributed by atoms with Gasteiger partial charge in [0, 0.05) is 6.61 Å². The Morgan fingerprint density at radius 2 is 1.28 bits per heavy atom. The molecule has 0 fully saturated rings. The molecular weight excluding hydrogens is 603 g/mol. The maximum absolute atomic E-state index is 12.6. The van der Waals surface area contributed by atoms with Gasteiger partial charge in [-0.25, -0.2) is 9.36 Å². The second-order valence-corrected chi connectivity index (χ2v) is 15.0. The van der Waals surface area contributed by atoms with Crippen LogP contribution in [0.15, 0.2) is 30.3 Å². The number of ether oxygens (including phenoxy) is 2. The summed E-state index contributed by atoms with van der Waals surface area (Å²) in [5.74, 6) is 0. The summed E-state index contributed by atoms with van der Waals surface area (Å²) in [4.78, 5) is 22.5. The topological polar surface area (TPSA) is 103 Å². The molecule has 1 aromatic carbocycles. The zero-order valence-electron chi connectivity index (χ0n) is 29.7. The molecule has 0 bridgehead atoms. The number of benzene rings is 1. The van der Waals surface area contributed by atoms with E-state index >= 15 is 0 Å². The van der Waals surface area contributed by atoms with Crippen LogP contribution in [0.2, 0.25) is 0 Å². The van der Waals surface area contributed by atoms with Crippen molar-refractivity contribution in [3.63, 3.8) is 0 Å². The fourth-order valence-corrected chi connectivity index (χ4v) is 5.95. The Labute approximate surface area is 281 Å². The van der Waals surface area contributed by atoms with Crippen molar-refractivity contribution in [3.05, 3.63) is 35.9 Å². The van der Waals surface area contributed by atoms with E-state index in [4.69, 9.17) is 18.5 Å². The molecule has 46 heavy (non-hydrogen) atoms. The van der Waals surface area contributed by atoms with Crippen LogP contribution in [0, 0.1) is 0 Å². The average molecular weight is 672 g/mol. The van der Waals surface area contributed by atoms with Gasteiger partial charge >= 0.3 is 13.9 Å². The fraction of sp³-hybridized carbons (Fsp3) is 0.806. The highest BCUT2D eigenvalue weighted by Gasteiger charge is 2.28. The number of rotatable bonds is 31. The number of phosphoric acid groups is 1. The molecule has 0 aliphatic heterocycles. The SMILES string of the molecule is CCCCCCCCCCCCCCCCCCCCOCC(CNC(=O)OCc1ccccc1)OP(=O)(O)OCC[N+](C)(C)C. The molecule has 0 aliphatic rings. The Morgan fingerprint density at radius 3 is 1.78 bits per heavy atom. The molecule has 0 radical (unpaired) electrons. The van der Waals surface area contributed by atoms with E-state index in [0.717, 1.165) is 18.4 Å². The Kier molecular flexibility index (Phi) is 25.4.